The van der Waals surface area contributed by atoms with E-state index in [2.05, 4.69) is 19.1 Å². The lowest BCUT2D eigenvalue weighted by Crippen LogP contribution is -2.45. The predicted molar refractivity (Wildman–Crippen MR) is 122 cm³/mol. The second-order valence-electron chi connectivity index (χ2n) is 8.01. The van der Waals surface area contributed by atoms with Crippen LogP contribution in [-0.4, -0.2) is 50.0 Å². The van der Waals surface area contributed by atoms with Gasteiger partial charge in [0.1, 0.15) is 6.54 Å². The van der Waals surface area contributed by atoms with Gasteiger partial charge in [-0.15, -0.1) is 0 Å². The number of aliphatic carboxylic acids is 1. The maximum atomic E-state index is 12.3. The van der Waals surface area contributed by atoms with Crippen LogP contribution in [0.25, 0.3) is 0 Å². The van der Waals surface area contributed by atoms with Crippen LogP contribution in [0.3, 0.4) is 0 Å². The van der Waals surface area contributed by atoms with Crippen molar-refractivity contribution in [2.24, 2.45) is 0 Å². The van der Waals surface area contributed by atoms with Gasteiger partial charge in [-0.05, 0) is 32.1 Å². The Hall–Kier alpha value is -1.36. The van der Waals surface area contributed by atoms with Crippen molar-refractivity contribution < 1.29 is 36.3 Å². The van der Waals surface area contributed by atoms with Gasteiger partial charge in [0.05, 0.1) is 33.3 Å². The van der Waals surface area contributed by atoms with Gasteiger partial charge >= 0.3 is 5.97 Å². The Kier molecular flexibility index (Phi) is 10.0. The Morgan fingerprint density at radius 2 is 1.43 bits per heavy atom. The predicted octanol–water partition coefficient (Wildman–Crippen LogP) is 4.78. The van der Waals surface area contributed by atoms with Crippen molar-refractivity contribution in [3.8, 4) is 0 Å². The molecular weight excluding hydrogens is 378 g/mol. The molecule has 0 fully saturated rings. The summed E-state index contributed by atoms with van der Waals surface area (Å²) in [4.78, 5) is 23.5. The second kappa shape index (κ2) is 18.4. The average Bonchev–Trinajstić information content (AvgIpc) is 2.77. The smallest absolute Gasteiger partial charge is 0.306 e. The van der Waals surface area contributed by atoms with Crippen LogP contribution >= 0.6 is 0 Å². The molecule has 0 radical (unpaired) electrons. The van der Waals surface area contributed by atoms with Crippen molar-refractivity contribution in [2.75, 3.05) is 27.5 Å². The third-order valence-electron chi connectivity index (χ3n) is 4.81. The highest BCUT2D eigenvalue weighted by atomic mass is 16.5. The molecule has 0 heterocycles. The molecule has 0 aliphatic carbocycles. The number of likely N-dealkylation sites (N-methyl/N-ethyl adjacent to an activating group) is 1. The lowest BCUT2D eigenvalue weighted by Gasteiger charge is -2.29. The molecule has 176 valence electrons. The molecule has 0 aromatic heterocycles. The topological polar surface area (TPSA) is 66.4 Å². The number of carboxylic acid groups (broad SMARTS) is 1. The van der Waals surface area contributed by atoms with E-state index in [0.29, 0.717) is 6.42 Å². The van der Waals surface area contributed by atoms with E-state index in [1.165, 1.54) is 38.5 Å². The van der Waals surface area contributed by atoms with Gasteiger partial charge in [0.15, 0.2) is 6.10 Å². The van der Waals surface area contributed by atoms with Gasteiger partial charge in [0.25, 0.3) is 0 Å². The fraction of sp³-hybridized carbons (Fsp3) is 0.840. The summed E-state index contributed by atoms with van der Waals surface area (Å²) < 4.78 is 71.6. The molecular formula is C25H47NO4. The van der Waals surface area contributed by atoms with Gasteiger partial charge in [-0.1, -0.05) is 70.4 Å². The van der Waals surface area contributed by atoms with E-state index >= 15 is 0 Å². The van der Waals surface area contributed by atoms with E-state index in [-0.39, 0.29) is 6.42 Å². The van der Waals surface area contributed by atoms with Crippen molar-refractivity contribution in [3.63, 3.8) is 0 Å². The molecule has 0 saturated heterocycles. The molecule has 5 heteroatoms. The number of nitrogens with zero attached hydrogens (tertiary/aromatic N) is 1. The van der Waals surface area contributed by atoms with Crippen LogP contribution in [0.2, 0.25) is 0 Å². The molecule has 0 aliphatic rings. The van der Waals surface area contributed by atoms with Crippen molar-refractivity contribution in [3.05, 3.63) is 12.2 Å². The number of hydrogen-bond donors (Lipinski definition) is 0. The Morgan fingerprint density at radius 3 is 1.97 bits per heavy atom. The van der Waals surface area contributed by atoms with Crippen LogP contribution in [0.4, 0.5) is 0 Å². The molecule has 1 atom stereocenters. The number of rotatable bonds is 20. The van der Waals surface area contributed by atoms with Crippen LogP contribution in [0.15, 0.2) is 12.2 Å². The fourth-order valence-corrected chi connectivity index (χ4v) is 3.22. The van der Waals surface area contributed by atoms with Gasteiger partial charge in [-0.25, -0.2) is 0 Å². The van der Waals surface area contributed by atoms with Crippen molar-refractivity contribution >= 4 is 11.9 Å². The first-order chi connectivity index (χ1) is 18.0. The largest absolute Gasteiger partial charge is 0.550 e. The maximum absolute atomic E-state index is 12.3. The molecule has 30 heavy (non-hydrogen) atoms. The second-order valence-corrected chi connectivity index (χ2v) is 8.01. The first-order valence-electron chi connectivity index (χ1n) is 15.9. The average molecular weight is 435 g/mol. The van der Waals surface area contributed by atoms with Crippen molar-refractivity contribution in [1.29, 1.82) is 0 Å². The highest BCUT2D eigenvalue weighted by molar-refractivity contribution is 5.70. The number of allylic oxidation sites excluding steroid dienone is 2. The zero-order chi connectivity index (χ0) is 30.2. The molecule has 0 N–H and O–H groups in total. The van der Waals surface area contributed by atoms with Gasteiger partial charge in [-0.3, -0.25) is 4.79 Å². The van der Waals surface area contributed by atoms with Crippen LogP contribution in [0.1, 0.15) is 116 Å². The monoisotopic (exact) mass is 434 g/mol. The van der Waals surface area contributed by atoms with Crippen molar-refractivity contribution in [1.82, 2.24) is 0 Å². The van der Waals surface area contributed by atoms with Gasteiger partial charge in [0, 0.05) is 18.8 Å². The summed E-state index contributed by atoms with van der Waals surface area (Å²) in [5.74, 6) is -2.58. The highest BCUT2D eigenvalue weighted by Gasteiger charge is 2.22. The van der Waals surface area contributed by atoms with Gasteiger partial charge in [0.2, 0.25) is 0 Å². The Labute approximate surface area is 198 Å². The fourth-order valence-electron chi connectivity index (χ4n) is 3.22. The molecule has 0 bridgehead atoms. The first-order valence-corrected chi connectivity index (χ1v) is 11.4. The zero-order valence-corrected chi connectivity index (χ0v) is 18.6. The third kappa shape index (κ3) is 21.4. The molecule has 0 aliphatic heterocycles. The molecule has 0 aromatic rings. The van der Waals surface area contributed by atoms with Gasteiger partial charge < -0.3 is 19.1 Å². The summed E-state index contributed by atoms with van der Waals surface area (Å²) in [5, 5.41) is 11.2. The van der Waals surface area contributed by atoms with E-state index < -0.39 is 56.4 Å². The first kappa shape index (κ1) is 16.3. The summed E-state index contributed by atoms with van der Waals surface area (Å²) in [6, 6.07) is 0. The highest BCUT2D eigenvalue weighted by Crippen LogP contribution is 2.12. The summed E-state index contributed by atoms with van der Waals surface area (Å²) in [6.07, 6.45) is 15.4. The summed E-state index contributed by atoms with van der Waals surface area (Å²) in [5.41, 5.74) is 0. The minimum Gasteiger partial charge on any atom is -0.550 e. The molecule has 0 amide bonds. The minimum absolute atomic E-state index is 0.0863. The van der Waals surface area contributed by atoms with E-state index in [0.717, 1.165) is 38.5 Å². The van der Waals surface area contributed by atoms with Gasteiger partial charge in [-0.2, -0.15) is 0 Å². The molecule has 0 unspecified atom stereocenters. The molecule has 0 spiro atoms. The van der Waals surface area contributed by atoms with E-state index in [1.807, 2.05) is 0 Å². The normalized spacial score (nSPS) is 18.6. The summed E-state index contributed by atoms with van der Waals surface area (Å²) in [7, 11) is 0. The third-order valence-corrected chi connectivity index (χ3v) is 4.81. The SMILES string of the molecule is [2H]C([2H])([2H])[N+](C[C@@H](CC(=O)[O-])OC(=O)CCCCCCC/C=C\CCCCCCCC)(C([2H])([2H])[2H])C([2H])([2H])[2H]. The number of ether oxygens (including phenoxy) is 1. The molecule has 5 nitrogen and oxygen atoms in total. The number of carbonyl (C=O) groups is 2. The quantitative estimate of drug-likeness (QED) is 0.120. The summed E-state index contributed by atoms with van der Waals surface area (Å²) >= 11 is 0. The summed E-state index contributed by atoms with van der Waals surface area (Å²) in [6.45, 7) is -9.76. The lowest BCUT2D eigenvalue weighted by atomic mass is 10.1. The molecule has 0 saturated carbocycles. The minimum atomic E-state index is -3.57. The van der Waals surface area contributed by atoms with E-state index in [9.17, 15) is 14.7 Å². The number of unbranched alkanes of at least 4 members (excludes halogenated alkanes) is 11. The Bertz CT molecular complexity index is 698. The Morgan fingerprint density at radius 1 is 0.900 bits per heavy atom. The standard InChI is InChI=1S/C25H47NO4/c1-5-6-7-8-9-10-11-12-13-14-15-16-17-18-19-20-25(29)30-23(21-24(27)28)22-26(2,3)4/h12-13,23H,5-11,14-22H2,1-4H3/b13-12-/t23-/m1/s1/i2D3,3D3,4D3. The van der Waals surface area contributed by atoms with Crippen LogP contribution < -0.4 is 5.11 Å². The van der Waals surface area contributed by atoms with Crippen LogP contribution in [0, 0.1) is 0 Å². The maximum Gasteiger partial charge on any atom is 0.306 e. The van der Waals surface area contributed by atoms with Crippen LogP contribution in [-0.2, 0) is 14.3 Å². The zero-order valence-electron chi connectivity index (χ0n) is 27.6. The number of quaternary nitrogens is 1. The molecule has 0 rings (SSSR count). The molecule has 0 aromatic carbocycles. The Balaban J connectivity index is 4.62. The lowest BCUT2D eigenvalue weighted by molar-refractivity contribution is -0.873. The number of carboxylic acids is 1. The van der Waals surface area contributed by atoms with E-state index in [1.54, 1.807) is 0 Å². The number of carbonyl (C=O) groups excluding carboxylic acids is 2. The van der Waals surface area contributed by atoms with Crippen molar-refractivity contribution in [2.45, 2.75) is 109 Å². The number of hydrogen-bond acceptors (Lipinski definition) is 4. The number of esters is 1. The van der Waals surface area contributed by atoms with Crippen LogP contribution in [0.5, 0.6) is 0 Å². The van der Waals surface area contributed by atoms with E-state index in [4.69, 9.17) is 17.1 Å².